The van der Waals surface area contributed by atoms with Gasteiger partial charge in [0.25, 0.3) is 0 Å². The Labute approximate surface area is 82.7 Å². The average molecular weight is 184 g/mol. The van der Waals surface area contributed by atoms with Crippen LogP contribution < -0.4 is 5.32 Å². The summed E-state index contributed by atoms with van der Waals surface area (Å²) in [4.78, 5) is 2.60. The number of nitrogens with one attached hydrogen (secondary N) is 1. The number of nitrogens with zero attached hydrogens (tertiary/aromatic N) is 1. The summed E-state index contributed by atoms with van der Waals surface area (Å²) in [6.07, 6.45) is 5.41. The van der Waals surface area contributed by atoms with Crippen molar-refractivity contribution in [1.82, 2.24) is 10.2 Å². The zero-order chi connectivity index (χ0) is 9.52. The molecule has 1 N–H and O–H groups in total. The van der Waals surface area contributed by atoms with Gasteiger partial charge in [-0.1, -0.05) is 20.3 Å². The van der Waals surface area contributed by atoms with Crippen LogP contribution in [0.4, 0.5) is 0 Å². The Balaban J connectivity index is 2.06. The third-order valence-corrected chi connectivity index (χ3v) is 2.99. The minimum atomic E-state index is 0.821. The van der Waals surface area contributed by atoms with Gasteiger partial charge >= 0.3 is 0 Å². The Morgan fingerprint density at radius 2 is 2.23 bits per heavy atom. The fraction of sp³-hybridized carbons (Fsp3) is 1.00. The molecule has 1 saturated heterocycles. The molecule has 1 rings (SSSR count). The minimum absolute atomic E-state index is 0.821. The molecule has 0 aromatic carbocycles. The molecule has 2 nitrogen and oxygen atoms in total. The first-order valence-electron chi connectivity index (χ1n) is 5.83. The Kier molecular flexibility index (Phi) is 5.40. The molecule has 0 amide bonds. The van der Waals surface area contributed by atoms with E-state index in [2.05, 4.69) is 24.1 Å². The molecule has 0 unspecified atom stereocenters. The van der Waals surface area contributed by atoms with E-state index in [0.717, 1.165) is 6.04 Å². The lowest BCUT2D eigenvalue weighted by atomic mass is 10.2. The summed E-state index contributed by atoms with van der Waals surface area (Å²) in [5, 5.41) is 3.55. The highest BCUT2D eigenvalue weighted by Gasteiger charge is 2.21. The Morgan fingerprint density at radius 1 is 1.38 bits per heavy atom. The van der Waals surface area contributed by atoms with Crippen molar-refractivity contribution < 1.29 is 0 Å². The molecule has 0 spiro atoms. The van der Waals surface area contributed by atoms with Crippen molar-refractivity contribution in [2.45, 2.75) is 45.6 Å². The predicted molar refractivity (Wildman–Crippen MR) is 58.0 cm³/mol. The summed E-state index contributed by atoms with van der Waals surface area (Å²) in [6, 6.07) is 0.821. The van der Waals surface area contributed by atoms with Crippen LogP contribution in [-0.4, -0.2) is 37.1 Å². The number of likely N-dealkylation sites (tertiary alicyclic amines) is 1. The Morgan fingerprint density at radius 3 is 2.92 bits per heavy atom. The summed E-state index contributed by atoms with van der Waals surface area (Å²) >= 11 is 0. The molecular formula is C11H24N2. The molecule has 0 saturated carbocycles. The smallest absolute Gasteiger partial charge is 0.0220 e. The molecule has 0 aromatic heterocycles. The zero-order valence-electron chi connectivity index (χ0n) is 9.18. The molecule has 0 aliphatic carbocycles. The maximum atomic E-state index is 3.55. The van der Waals surface area contributed by atoms with E-state index in [-0.39, 0.29) is 0 Å². The number of hydrogen-bond acceptors (Lipinski definition) is 2. The maximum Gasteiger partial charge on any atom is 0.0220 e. The second kappa shape index (κ2) is 6.39. The van der Waals surface area contributed by atoms with Crippen molar-refractivity contribution in [2.24, 2.45) is 0 Å². The van der Waals surface area contributed by atoms with Crippen molar-refractivity contribution >= 4 is 0 Å². The number of likely N-dealkylation sites (N-methyl/N-ethyl adjacent to an activating group) is 1. The normalized spacial score (nSPS) is 24.0. The SMILES string of the molecule is CCCCNC[C@H]1CCCN1CC. The minimum Gasteiger partial charge on any atom is -0.315 e. The third kappa shape index (κ3) is 3.65. The zero-order valence-corrected chi connectivity index (χ0v) is 9.18. The fourth-order valence-electron chi connectivity index (χ4n) is 2.11. The molecule has 1 heterocycles. The summed E-state index contributed by atoms with van der Waals surface area (Å²) in [5.41, 5.74) is 0. The molecule has 0 bridgehead atoms. The fourth-order valence-corrected chi connectivity index (χ4v) is 2.11. The van der Waals surface area contributed by atoms with Gasteiger partial charge in [0.05, 0.1) is 0 Å². The summed E-state index contributed by atoms with van der Waals surface area (Å²) in [6.45, 7) is 9.45. The van der Waals surface area contributed by atoms with Gasteiger partial charge < -0.3 is 5.32 Å². The average Bonchev–Trinajstić information content (AvgIpc) is 2.60. The van der Waals surface area contributed by atoms with E-state index in [9.17, 15) is 0 Å². The molecule has 1 aliphatic heterocycles. The molecule has 1 aliphatic rings. The van der Waals surface area contributed by atoms with E-state index in [1.54, 1.807) is 0 Å². The van der Waals surface area contributed by atoms with E-state index >= 15 is 0 Å². The lowest BCUT2D eigenvalue weighted by Crippen LogP contribution is -2.38. The van der Waals surface area contributed by atoms with Gasteiger partial charge in [0, 0.05) is 12.6 Å². The van der Waals surface area contributed by atoms with Crippen molar-refractivity contribution in [3.8, 4) is 0 Å². The third-order valence-electron chi connectivity index (χ3n) is 2.99. The highest BCUT2D eigenvalue weighted by Crippen LogP contribution is 2.15. The van der Waals surface area contributed by atoms with Crippen LogP contribution >= 0.6 is 0 Å². The highest BCUT2D eigenvalue weighted by atomic mass is 15.2. The first kappa shape index (κ1) is 11.0. The molecule has 0 radical (unpaired) electrons. The summed E-state index contributed by atoms with van der Waals surface area (Å²) in [7, 11) is 0. The quantitative estimate of drug-likeness (QED) is 0.634. The van der Waals surface area contributed by atoms with E-state index < -0.39 is 0 Å². The lowest BCUT2D eigenvalue weighted by molar-refractivity contribution is 0.260. The number of rotatable bonds is 6. The van der Waals surface area contributed by atoms with E-state index in [0.29, 0.717) is 0 Å². The maximum absolute atomic E-state index is 3.55. The first-order valence-corrected chi connectivity index (χ1v) is 5.83. The van der Waals surface area contributed by atoms with Gasteiger partial charge in [-0.3, -0.25) is 4.90 Å². The molecule has 2 heteroatoms. The monoisotopic (exact) mass is 184 g/mol. The van der Waals surface area contributed by atoms with Crippen LogP contribution in [0.25, 0.3) is 0 Å². The van der Waals surface area contributed by atoms with Gasteiger partial charge in [-0.15, -0.1) is 0 Å². The van der Waals surface area contributed by atoms with Crippen LogP contribution in [0.15, 0.2) is 0 Å². The van der Waals surface area contributed by atoms with Gasteiger partial charge in [0.2, 0.25) is 0 Å². The molecule has 13 heavy (non-hydrogen) atoms. The number of hydrogen-bond donors (Lipinski definition) is 1. The van der Waals surface area contributed by atoms with E-state index in [1.807, 2.05) is 0 Å². The van der Waals surface area contributed by atoms with E-state index in [1.165, 1.54) is 51.9 Å². The van der Waals surface area contributed by atoms with Crippen molar-refractivity contribution in [3.05, 3.63) is 0 Å². The van der Waals surface area contributed by atoms with Crippen LogP contribution in [0.5, 0.6) is 0 Å². The molecule has 0 aromatic rings. The number of unbranched alkanes of at least 4 members (excludes halogenated alkanes) is 1. The topological polar surface area (TPSA) is 15.3 Å². The van der Waals surface area contributed by atoms with Crippen LogP contribution in [0.3, 0.4) is 0 Å². The summed E-state index contributed by atoms with van der Waals surface area (Å²) in [5.74, 6) is 0. The second-order valence-electron chi connectivity index (χ2n) is 3.98. The van der Waals surface area contributed by atoms with Gasteiger partial charge in [-0.25, -0.2) is 0 Å². The van der Waals surface area contributed by atoms with Gasteiger partial charge in [-0.2, -0.15) is 0 Å². The van der Waals surface area contributed by atoms with Gasteiger partial charge in [-0.05, 0) is 38.9 Å². The first-order chi connectivity index (χ1) is 6.38. The van der Waals surface area contributed by atoms with Crippen LogP contribution in [0, 0.1) is 0 Å². The van der Waals surface area contributed by atoms with Crippen molar-refractivity contribution in [1.29, 1.82) is 0 Å². The largest absolute Gasteiger partial charge is 0.315 e. The predicted octanol–water partition coefficient (Wildman–Crippen LogP) is 1.86. The standard InChI is InChI=1S/C11H24N2/c1-3-5-8-12-10-11-7-6-9-13(11)4-2/h11-12H,3-10H2,1-2H3/t11-/m1/s1. The summed E-state index contributed by atoms with van der Waals surface area (Å²) < 4.78 is 0. The highest BCUT2D eigenvalue weighted by molar-refractivity contribution is 4.79. The van der Waals surface area contributed by atoms with Crippen molar-refractivity contribution in [2.75, 3.05) is 26.2 Å². The molecule has 1 fully saturated rings. The Bertz CT molecular complexity index is 125. The van der Waals surface area contributed by atoms with Crippen molar-refractivity contribution in [3.63, 3.8) is 0 Å². The van der Waals surface area contributed by atoms with E-state index in [4.69, 9.17) is 0 Å². The van der Waals surface area contributed by atoms with Gasteiger partial charge in [0.15, 0.2) is 0 Å². The molecule has 1 atom stereocenters. The van der Waals surface area contributed by atoms with Gasteiger partial charge in [0.1, 0.15) is 0 Å². The molecular weight excluding hydrogens is 160 g/mol. The molecule has 78 valence electrons. The van der Waals surface area contributed by atoms with Crippen LogP contribution in [0.2, 0.25) is 0 Å². The second-order valence-corrected chi connectivity index (χ2v) is 3.98. The Hall–Kier alpha value is -0.0800. The van der Waals surface area contributed by atoms with Crippen LogP contribution in [0.1, 0.15) is 39.5 Å². The lowest BCUT2D eigenvalue weighted by Gasteiger charge is -2.22. The van der Waals surface area contributed by atoms with Crippen LogP contribution in [-0.2, 0) is 0 Å².